The van der Waals surface area contributed by atoms with Crippen LogP contribution in [0, 0.1) is 11.3 Å². The Morgan fingerprint density at radius 3 is 1.74 bits per heavy atom. The molecule has 2 N–H and O–H groups in total. The van der Waals surface area contributed by atoms with E-state index in [1.165, 1.54) is 4.90 Å². The Labute approximate surface area is 300 Å². The van der Waals surface area contributed by atoms with Gasteiger partial charge in [-0.25, -0.2) is 9.59 Å². The summed E-state index contributed by atoms with van der Waals surface area (Å²) in [6, 6.07) is 0. The number of carbonyl (C=O) groups excluding carboxylic acids is 5. The summed E-state index contributed by atoms with van der Waals surface area (Å²) < 4.78 is 15.7. The Morgan fingerprint density at radius 2 is 1.30 bits per heavy atom. The molecule has 2 aliphatic rings. The van der Waals surface area contributed by atoms with Crippen LogP contribution in [0.3, 0.4) is 0 Å². The van der Waals surface area contributed by atoms with Crippen LogP contribution in [-0.4, -0.2) is 101 Å². The smallest absolute Gasteiger partial charge is 0.870 e. The van der Waals surface area contributed by atoms with E-state index in [0.29, 0.717) is 38.9 Å². The summed E-state index contributed by atoms with van der Waals surface area (Å²) in [7, 11) is 1.00. The number of aliphatic hydroxyl groups excluding tert-OH is 1. The number of hydrogen-bond acceptors (Lipinski definition) is 10. The fourth-order valence-corrected chi connectivity index (χ4v) is 4.26. The van der Waals surface area contributed by atoms with Crippen molar-refractivity contribution in [2.75, 3.05) is 39.9 Å². The molecule has 0 saturated carbocycles. The molecule has 12 nitrogen and oxygen atoms in total. The van der Waals surface area contributed by atoms with Gasteiger partial charge in [-0.2, -0.15) is 0 Å². The molecule has 2 atom stereocenters. The van der Waals surface area contributed by atoms with Crippen LogP contribution in [0.5, 0.6) is 0 Å². The maximum atomic E-state index is 12.4. The zero-order valence-electron chi connectivity index (χ0n) is 28.4. The first kappa shape index (κ1) is 46.3. The first-order valence-electron chi connectivity index (χ1n) is 14.5. The largest absolute Gasteiger partial charge is 1.00 e. The molecule has 2 aliphatic heterocycles. The van der Waals surface area contributed by atoms with Crippen molar-refractivity contribution in [3.63, 3.8) is 0 Å². The van der Waals surface area contributed by atoms with Crippen molar-refractivity contribution in [2.45, 2.75) is 112 Å². The van der Waals surface area contributed by atoms with Gasteiger partial charge in [0, 0.05) is 52.0 Å². The number of likely N-dealkylation sites (tertiary alicyclic amines) is 2. The Morgan fingerprint density at radius 1 is 0.860 bits per heavy atom. The Hall–Kier alpha value is -1.09. The number of rotatable bonds is 2. The molecule has 13 heteroatoms. The number of nitrogens with zero attached hydrogens (tertiary/aromatic N) is 2. The number of ketones is 2. The maximum absolute atomic E-state index is 12.4. The molecule has 2 unspecified atom stereocenters. The molecule has 2 heterocycles. The van der Waals surface area contributed by atoms with E-state index in [2.05, 4.69) is 0 Å². The normalized spacial score (nSPS) is 21.2. The predicted octanol–water partition coefficient (Wildman–Crippen LogP) is 1.59. The standard InChI is InChI=1S/C16H27NO5.C13H23NO3.CH4O.K.H2O/c1-6-21-13(19)16(5)9-7-10-17(11-8-12(16)18)14(20)22-15(2,3)4;1-10-6-5-8-14(9-7-11(10)15)12(16)17-13(2,3)4;1-2;;/h6-11H2,1-5H3;10H,5-9H2,1-4H3;2H,1H3;;1H2/q;;;+1;/p-1. The van der Waals surface area contributed by atoms with Gasteiger partial charge in [0.1, 0.15) is 22.4 Å². The number of amides is 2. The van der Waals surface area contributed by atoms with E-state index in [0.717, 1.165) is 20.0 Å². The quantitative estimate of drug-likeness (QED) is 0.202. The molecule has 0 radical (unpaired) electrons. The summed E-state index contributed by atoms with van der Waals surface area (Å²) in [4.78, 5) is 63.2. The minimum atomic E-state index is -1.10. The second-order valence-corrected chi connectivity index (χ2v) is 12.5. The third-order valence-corrected chi connectivity index (χ3v) is 6.60. The molecule has 43 heavy (non-hydrogen) atoms. The van der Waals surface area contributed by atoms with Gasteiger partial charge in [-0.1, -0.05) is 6.92 Å². The van der Waals surface area contributed by atoms with Crippen LogP contribution in [0.1, 0.15) is 101 Å². The van der Waals surface area contributed by atoms with Gasteiger partial charge in [-0.15, -0.1) is 0 Å². The van der Waals surface area contributed by atoms with E-state index in [1.54, 1.807) is 39.5 Å². The second kappa shape index (κ2) is 21.6. The first-order chi connectivity index (χ1) is 18.9. The van der Waals surface area contributed by atoms with E-state index in [1.807, 2.05) is 27.7 Å². The maximum Gasteiger partial charge on any atom is 1.00 e. The molecular formula is C30H55KN2O10. The summed E-state index contributed by atoms with van der Waals surface area (Å²) in [5.41, 5.74) is -2.14. The Balaban J connectivity index is -0.000000690. The van der Waals surface area contributed by atoms with Crippen LogP contribution < -0.4 is 51.4 Å². The fraction of sp³-hybridized carbons (Fsp3) is 0.833. The molecule has 2 amide bonds. The van der Waals surface area contributed by atoms with Gasteiger partial charge in [0.2, 0.25) is 0 Å². The van der Waals surface area contributed by atoms with Crippen LogP contribution in [0.25, 0.3) is 0 Å². The van der Waals surface area contributed by atoms with Gasteiger partial charge in [-0.05, 0) is 81.1 Å². The predicted molar refractivity (Wildman–Crippen MR) is 157 cm³/mol. The number of Topliss-reactive ketones (excluding diaryl/α,β-unsaturated/α-hetero) is 2. The average molecular weight is 643 g/mol. The SMILES string of the molecule is CC1CCCN(C(=O)OC(C)(C)C)CCC1=O.CCOC(=O)C1(C)CCCN(C(=O)OC(C)(C)C)CCC1=O.CO.[K+].[OH-]. The van der Waals surface area contributed by atoms with Gasteiger partial charge >= 0.3 is 69.5 Å². The molecule has 0 bridgehead atoms. The van der Waals surface area contributed by atoms with E-state index in [9.17, 15) is 24.0 Å². The number of esters is 1. The van der Waals surface area contributed by atoms with Crippen molar-refractivity contribution < 1.29 is 100 Å². The van der Waals surface area contributed by atoms with E-state index >= 15 is 0 Å². The monoisotopic (exact) mass is 642 g/mol. The number of carbonyl (C=O) groups is 5. The van der Waals surface area contributed by atoms with E-state index in [-0.39, 0.29) is 100 Å². The fourth-order valence-electron chi connectivity index (χ4n) is 4.26. The zero-order valence-corrected chi connectivity index (χ0v) is 31.5. The van der Waals surface area contributed by atoms with Gasteiger partial charge in [0.25, 0.3) is 0 Å². The first-order valence-corrected chi connectivity index (χ1v) is 14.5. The van der Waals surface area contributed by atoms with Crippen molar-refractivity contribution in [1.29, 1.82) is 0 Å². The van der Waals surface area contributed by atoms with Crippen LogP contribution in [0.15, 0.2) is 0 Å². The molecule has 2 saturated heterocycles. The van der Waals surface area contributed by atoms with Gasteiger partial charge in [0.15, 0.2) is 5.78 Å². The second-order valence-electron chi connectivity index (χ2n) is 12.5. The number of hydrogen-bond donors (Lipinski definition) is 1. The summed E-state index contributed by atoms with van der Waals surface area (Å²) in [5.74, 6) is -0.265. The molecule has 246 valence electrons. The molecule has 0 spiro atoms. The van der Waals surface area contributed by atoms with Gasteiger partial charge < -0.3 is 34.6 Å². The molecule has 2 rings (SSSR count). The molecule has 2 fully saturated rings. The molecule has 0 aromatic heterocycles. The third kappa shape index (κ3) is 17.8. The minimum Gasteiger partial charge on any atom is -0.870 e. The number of aliphatic hydroxyl groups is 1. The number of ether oxygens (including phenoxy) is 3. The van der Waals surface area contributed by atoms with Gasteiger partial charge in [0.05, 0.1) is 6.61 Å². The molecule has 0 aliphatic carbocycles. The average Bonchev–Trinajstić information content (AvgIpc) is 2.84. The van der Waals surface area contributed by atoms with Gasteiger partial charge in [-0.3, -0.25) is 14.4 Å². The van der Waals surface area contributed by atoms with Crippen molar-refractivity contribution in [1.82, 2.24) is 9.80 Å². The van der Waals surface area contributed by atoms with Crippen LogP contribution >= 0.6 is 0 Å². The van der Waals surface area contributed by atoms with Crippen LogP contribution in [0.4, 0.5) is 9.59 Å². The minimum absolute atomic E-state index is 0. The van der Waals surface area contributed by atoms with Crippen LogP contribution in [-0.2, 0) is 28.6 Å². The van der Waals surface area contributed by atoms with Crippen LogP contribution in [0.2, 0.25) is 0 Å². The van der Waals surface area contributed by atoms with E-state index in [4.69, 9.17) is 19.3 Å². The summed E-state index contributed by atoms with van der Waals surface area (Å²) in [5, 5.41) is 7.00. The van der Waals surface area contributed by atoms with Crippen molar-refractivity contribution >= 4 is 29.7 Å². The molecular weight excluding hydrogens is 587 g/mol. The zero-order chi connectivity index (χ0) is 32.0. The summed E-state index contributed by atoms with van der Waals surface area (Å²) >= 11 is 0. The molecule has 0 aromatic rings. The summed E-state index contributed by atoms with van der Waals surface area (Å²) in [6.07, 6.45) is 2.52. The molecule has 0 aromatic carbocycles. The summed E-state index contributed by atoms with van der Waals surface area (Å²) in [6.45, 7) is 18.4. The van der Waals surface area contributed by atoms with Crippen molar-refractivity contribution in [2.24, 2.45) is 11.3 Å². The van der Waals surface area contributed by atoms with E-state index < -0.39 is 28.7 Å². The third-order valence-electron chi connectivity index (χ3n) is 6.60. The topological polar surface area (TPSA) is 170 Å². The Kier molecular flexibility index (Phi) is 23.3. The Bertz CT molecular complexity index is 885. The van der Waals surface area contributed by atoms with Crippen molar-refractivity contribution in [3.8, 4) is 0 Å². The van der Waals surface area contributed by atoms with Crippen molar-refractivity contribution in [3.05, 3.63) is 0 Å².